The molecule has 4 nitrogen and oxygen atoms in total. The second-order valence-electron chi connectivity index (χ2n) is 4.25. The highest BCUT2D eigenvalue weighted by atomic mass is 32.1. The first-order chi connectivity index (χ1) is 9.63. The highest BCUT2D eigenvalue weighted by Gasteiger charge is 2.05. The van der Waals surface area contributed by atoms with E-state index in [2.05, 4.69) is 10.3 Å². The van der Waals surface area contributed by atoms with Gasteiger partial charge in [-0.05, 0) is 37.6 Å². The number of carbonyl (C=O) groups is 1. The number of amides is 1. The molecule has 1 aromatic heterocycles. The Morgan fingerprint density at radius 2 is 2.15 bits per heavy atom. The van der Waals surface area contributed by atoms with Crippen LogP contribution in [0.3, 0.4) is 0 Å². The molecule has 1 heterocycles. The van der Waals surface area contributed by atoms with Crippen LogP contribution in [0, 0.1) is 12.7 Å². The molecule has 0 spiro atoms. The van der Waals surface area contributed by atoms with E-state index < -0.39 is 0 Å². The zero-order valence-electron chi connectivity index (χ0n) is 11.1. The van der Waals surface area contributed by atoms with Gasteiger partial charge in [-0.2, -0.15) is 0 Å². The Balaban J connectivity index is 1.65. The van der Waals surface area contributed by atoms with Crippen molar-refractivity contribution in [3.05, 3.63) is 41.2 Å². The van der Waals surface area contributed by atoms with Crippen LogP contribution >= 0.6 is 11.3 Å². The van der Waals surface area contributed by atoms with Crippen molar-refractivity contribution >= 4 is 22.4 Å². The summed E-state index contributed by atoms with van der Waals surface area (Å²) in [5.74, 6) is 0.222. The summed E-state index contributed by atoms with van der Waals surface area (Å²) >= 11 is 1.41. The normalized spacial score (nSPS) is 10.3. The van der Waals surface area contributed by atoms with Crippen LogP contribution in [0.5, 0.6) is 5.75 Å². The molecular formula is C14H15FN2O2S. The van der Waals surface area contributed by atoms with E-state index in [1.807, 2.05) is 12.3 Å². The van der Waals surface area contributed by atoms with Gasteiger partial charge >= 0.3 is 0 Å². The van der Waals surface area contributed by atoms with Gasteiger partial charge < -0.3 is 10.1 Å². The Morgan fingerprint density at radius 3 is 2.80 bits per heavy atom. The predicted octanol–water partition coefficient (Wildman–Crippen LogP) is 3.39. The Morgan fingerprint density at radius 1 is 1.40 bits per heavy atom. The van der Waals surface area contributed by atoms with Crippen molar-refractivity contribution in [1.82, 2.24) is 4.98 Å². The lowest BCUT2D eigenvalue weighted by Gasteiger charge is -2.05. The number of aryl methyl sites for hydroxylation is 1. The van der Waals surface area contributed by atoms with Gasteiger partial charge in [-0.25, -0.2) is 9.37 Å². The van der Waals surface area contributed by atoms with Crippen LogP contribution in [0.25, 0.3) is 0 Å². The number of nitrogens with zero attached hydrogens (tertiary/aromatic N) is 1. The highest BCUT2D eigenvalue weighted by Crippen LogP contribution is 2.15. The molecule has 0 aliphatic carbocycles. The van der Waals surface area contributed by atoms with Crippen molar-refractivity contribution < 1.29 is 13.9 Å². The van der Waals surface area contributed by atoms with Gasteiger partial charge in [-0.15, -0.1) is 11.3 Å². The molecule has 2 rings (SSSR count). The van der Waals surface area contributed by atoms with Crippen LogP contribution in [0.2, 0.25) is 0 Å². The summed E-state index contributed by atoms with van der Waals surface area (Å²) in [7, 11) is 0. The minimum absolute atomic E-state index is 0.0814. The smallest absolute Gasteiger partial charge is 0.226 e. The number of rotatable bonds is 6. The van der Waals surface area contributed by atoms with Gasteiger partial charge in [0.1, 0.15) is 11.6 Å². The quantitative estimate of drug-likeness (QED) is 0.831. The molecule has 1 aromatic carbocycles. The van der Waals surface area contributed by atoms with Crippen molar-refractivity contribution in [2.24, 2.45) is 0 Å². The molecule has 0 aliphatic heterocycles. The van der Waals surface area contributed by atoms with E-state index in [4.69, 9.17) is 4.74 Å². The Labute approximate surface area is 120 Å². The fraction of sp³-hybridized carbons (Fsp3) is 0.286. The molecule has 1 amide bonds. The molecule has 0 radical (unpaired) electrons. The Kier molecular flexibility index (Phi) is 5.06. The number of aromatic nitrogens is 1. The molecule has 1 N–H and O–H groups in total. The lowest BCUT2D eigenvalue weighted by molar-refractivity contribution is -0.116. The minimum Gasteiger partial charge on any atom is -0.494 e. The van der Waals surface area contributed by atoms with Gasteiger partial charge in [0.2, 0.25) is 5.91 Å². The summed E-state index contributed by atoms with van der Waals surface area (Å²) in [5.41, 5.74) is 0.893. The van der Waals surface area contributed by atoms with E-state index in [0.29, 0.717) is 30.3 Å². The van der Waals surface area contributed by atoms with Gasteiger partial charge in [0.25, 0.3) is 0 Å². The molecular weight excluding hydrogens is 279 g/mol. The summed E-state index contributed by atoms with van der Waals surface area (Å²) < 4.78 is 18.1. The zero-order chi connectivity index (χ0) is 14.4. The minimum atomic E-state index is -0.296. The fourth-order valence-corrected chi connectivity index (χ4v) is 2.25. The first-order valence-corrected chi connectivity index (χ1v) is 7.12. The van der Waals surface area contributed by atoms with E-state index in [-0.39, 0.29) is 11.7 Å². The average Bonchev–Trinajstić information content (AvgIpc) is 2.82. The number of anilines is 1. The van der Waals surface area contributed by atoms with E-state index in [0.717, 1.165) is 5.69 Å². The molecule has 0 atom stereocenters. The topological polar surface area (TPSA) is 51.2 Å². The summed E-state index contributed by atoms with van der Waals surface area (Å²) in [5, 5.41) is 5.23. The average molecular weight is 294 g/mol. The van der Waals surface area contributed by atoms with Crippen LogP contribution in [-0.4, -0.2) is 17.5 Å². The molecule has 2 aromatic rings. The summed E-state index contributed by atoms with van der Waals surface area (Å²) in [4.78, 5) is 15.8. The van der Waals surface area contributed by atoms with E-state index in [9.17, 15) is 9.18 Å². The molecule has 20 heavy (non-hydrogen) atoms. The van der Waals surface area contributed by atoms with Gasteiger partial charge in [0.05, 0.1) is 12.3 Å². The van der Waals surface area contributed by atoms with Crippen molar-refractivity contribution in [2.45, 2.75) is 19.8 Å². The maximum atomic E-state index is 12.7. The third kappa shape index (κ3) is 4.62. The van der Waals surface area contributed by atoms with Crippen molar-refractivity contribution in [1.29, 1.82) is 0 Å². The largest absolute Gasteiger partial charge is 0.494 e. The third-order valence-corrected chi connectivity index (χ3v) is 3.37. The maximum absolute atomic E-state index is 12.7. The SMILES string of the molecule is Cc1csc(NC(=O)CCCOc2ccc(F)cc2)n1. The monoisotopic (exact) mass is 294 g/mol. The molecule has 0 aliphatic rings. The second-order valence-corrected chi connectivity index (χ2v) is 5.11. The number of hydrogen-bond acceptors (Lipinski definition) is 4. The summed E-state index contributed by atoms with van der Waals surface area (Å²) in [6.45, 7) is 2.29. The Bertz CT molecular complexity index is 569. The van der Waals surface area contributed by atoms with Gasteiger partial charge in [-0.1, -0.05) is 0 Å². The number of carbonyl (C=O) groups excluding carboxylic acids is 1. The van der Waals surface area contributed by atoms with E-state index >= 15 is 0 Å². The number of thiazole rings is 1. The molecule has 0 fully saturated rings. The van der Waals surface area contributed by atoms with Gasteiger partial charge in [0, 0.05) is 11.8 Å². The van der Waals surface area contributed by atoms with Crippen LogP contribution in [0.15, 0.2) is 29.6 Å². The molecule has 0 saturated heterocycles. The molecule has 0 unspecified atom stereocenters. The van der Waals surface area contributed by atoms with Crippen LogP contribution in [-0.2, 0) is 4.79 Å². The van der Waals surface area contributed by atoms with E-state index in [1.54, 1.807) is 12.1 Å². The number of hydrogen-bond donors (Lipinski definition) is 1. The predicted molar refractivity (Wildman–Crippen MR) is 76.6 cm³/mol. The van der Waals surface area contributed by atoms with Gasteiger partial charge in [-0.3, -0.25) is 4.79 Å². The molecule has 6 heteroatoms. The number of halogens is 1. The van der Waals surface area contributed by atoms with Crippen LogP contribution in [0.4, 0.5) is 9.52 Å². The second kappa shape index (κ2) is 7.00. The third-order valence-electron chi connectivity index (χ3n) is 2.50. The first-order valence-electron chi connectivity index (χ1n) is 6.24. The number of benzene rings is 1. The summed E-state index contributed by atoms with van der Waals surface area (Å²) in [6.07, 6.45) is 0.952. The molecule has 0 saturated carbocycles. The molecule has 106 valence electrons. The van der Waals surface area contributed by atoms with Crippen molar-refractivity contribution in [2.75, 3.05) is 11.9 Å². The number of nitrogens with one attached hydrogen (secondary N) is 1. The zero-order valence-corrected chi connectivity index (χ0v) is 11.9. The maximum Gasteiger partial charge on any atom is 0.226 e. The van der Waals surface area contributed by atoms with Gasteiger partial charge in [0.15, 0.2) is 5.13 Å². The Hall–Kier alpha value is -1.95. The first kappa shape index (κ1) is 14.5. The standard InChI is InChI=1S/C14H15FN2O2S/c1-10-9-20-14(16-10)17-13(18)3-2-8-19-12-6-4-11(15)5-7-12/h4-7,9H,2-3,8H2,1H3,(H,16,17,18). The van der Waals surface area contributed by atoms with E-state index in [1.165, 1.54) is 23.5 Å². The fourth-order valence-electron chi connectivity index (χ4n) is 1.55. The lowest BCUT2D eigenvalue weighted by Crippen LogP contribution is -2.12. The van der Waals surface area contributed by atoms with Crippen LogP contribution in [0.1, 0.15) is 18.5 Å². The molecule has 0 bridgehead atoms. The van der Waals surface area contributed by atoms with Crippen molar-refractivity contribution in [3.8, 4) is 5.75 Å². The van der Waals surface area contributed by atoms with Crippen LogP contribution < -0.4 is 10.1 Å². The number of ether oxygens (including phenoxy) is 1. The lowest BCUT2D eigenvalue weighted by atomic mass is 10.3. The van der Waals surface area contributed by atoms with Crippen molar-refractivity contribution in [3.63, 3.8) is 0 Å². The highest BCUT2D eigenvalue weighted by molar-refractivity contribution is 7.13. The summed E-state index contributed by atoms with van der Waals surface area (Å²) in [6, 6.07) is 5.81.